The zero-order chi connectivity index (χ0) is 43.0. The molecule has 57 heavy (non-hydrogen) atoms. The van der Waals surface area contributed by atoms with Crippen molar-refractivity contribution in [3.8, 4) is 0 Å². The lowest BCUT2D eigenvalue weighted by molar-refractivity contribution is -0.269. The molecule has 5 aliphatic rings. The van der Waals surface area contributed by atoms with Gasteiger partial charge in [0.2, 0.25) is 5.91 Å². The van der Waals surface area contributed by atoms with Crippen LogP contribution in [0.4, 0.5) is 4.79 Å². The number of ether oxygens (including phenoxy) is 5. The molecule has 5 rings (SSSR count). The van der Waals surface area contributed by atoms with E-state index in [1.54, 1.807) is 18.2 Å². The molecule has 2 saturated heterocycles. The molecule has 2 heterocycles. The zero-order valence-corrected chi connectivity index (χ0v) is 36.0. The Morgan fingerprint density at radius 1 is 0.772 bits per heavy atom. The van der Waals surface area contributed by atoms with Gasteiger partial charge < -0.3 is 34.3 Å². The summed E-state index contributed by atoms with van der Waals surface area (Å²) in [4.78, 5) is 61.2. The number of fused-ring (bicyclic) bond motifs is 6. The molecular weight excluding hydrogens is 728 g/mol. The summed E-state index contributed by atoms with van der Waals surface area (Å²) in [6.45, 7) is 26.5. The third-order valence-electron chi connectivity index (χ3n) is 10.6. The average Bonchev–Trinajstić information content (AvgIpc) is 3.42. The van der Waals surface area contributed by atoms with Gasteiger partial charge in [0.25, 0.3) is 0 Å². The summed E-state index contributed by atoms with van der Waals surface area (Å²) in [5.41, 5.74) is -0.708. The number of amides is 2. The SMILES string of the molecule is C=CC.C=CC.C=CC.C=CCCC.CCCC(=O)NCCOC(=O)NC1CCC2C(C1)C(=O)OC21C2CCC(OC(C)=O)CC2OC2CC(OC(C)=O)CCC21. The van der Waals surface area contributed by atoms with Gasteiger partial charge in [-0.2, -0.15) is 0 Å². The van der Waals surface area contributed by atoms with Crippen molar-refractivity contribution in [1.29, 1.82) is 0 Å². The third kappa shape index (κ3) is 16.1. The first-order valence-corrected chi connectivity index (χ1v) is 21.0. The second-order valence-electron chi connectivity index (χ2n) is 15.2. The molecule has 3 aliphatic carbocycles. The molecule has 9 atom stereocenters. The van der Waals surface area contributed by atoms with Gasteiger partial charge in [-0.15, -0.1) is 26.3 Å². The Morgan fingerprint density at radius 2 is 1.28 bits per heavy atom. The zero-order valence-electron chi connectivity index (χ0n) is 36.0. The highest BCUT2D eigenvalue weighted by molar-refractivity contribution is 5.77. The highest BCUT2D eigenvalue weighted by Gasteiger charge is 2.69. The number of esters is 3. The molecule has 12 heteroatoms. The first-order chi connectivity index (χ1) is 27.3. The van der Waals surface area contributed by atoms with Gasteiger partial charge in [0.05, 0.1) is 24.7 Å². The molecule has 0 aromatic carbocycles. The Kier molecular flexibility index (Phi) is 24.8. The van der Waals surface area contributed by atoms with Crippen LogP contribution in [-0.2, 0) is 42.9 Å². The molecule has 2 amide bonds. The van der Waals surface area contributed by atoms with E-state index in [-0.39, 0.29) is 91.1 Å². The van der Waals surface area contributed by atoms with Crippen LogP contribution in [0.25, 0.3) is 0 Å². The van der Waals surface area contributed by atoms with Gasteiger partial charge in [0.1, 0.15) is 24.4 Å². The van der Waals surface area contributed by atoms with E-state index >= 15 is 0 Å². The quantitative estimate of drug-likeness (QED) is 0.0951. The largest absolute Gasteiger partial charge is 0.462 e. The molecule has 0 aromatic rings. The molecule has 9 unspecified atom stereocenters. The van der Waals surface area contributed by atoms with E-state index < -0.39 is 11.7 Å². The number of carbonyl (C=O) groups excluding carboxylic acids is 5. The van der Waals surface area contributed by atoms with Gasteiger partial charge in [-0.3, -0.25) is 19.2 Å². The first kappa shape index (κ1) is 51.1. The van der Waals surface area contributed by atoms with Crippen molar-refractivity contribution in [3.63, 3.8) is 0 Å². The molecule has 0 radical (unpaired) electrons. The smallest absolute Gasteiger partial charge is 0.407 e. The van der Waals surface area contributed by atoms with Crippen molar-refractivity contribution in [3.05, 3.63) is 50.6 Å². The van der Waals surface area contributed by atoms with Gasteiger partial charge in [0, 0.05) is 56.9 Å². The maximum atomic E-state index is 13.6. The van der Waals surface area contributed by atoms with Crippen LogP contribution in [0.1, 0.15) is 132 Å². The summed E-state index contributed by atoms with van der Waals surface area (Å²) in [6.07, 6.45) is 14.9. The number of allylic oxidation sites excluding steroid dienone is 4. The summed E-state index contributed by atoms with van der Waals surface area (Å²) in [7, 11) is 0. The van der Waals surface area contributed by atoms with Gasteiger partial charge in [0.15, 0.2) is 0 Å². The lowest BCUT2D eigenvalue weighted by Crippen LogP contribution is -2.66. The van der Waals surface area contributed by atoms with Crippen LogP contribution < -0.4 is 10.6 Å². The van der Waals surface area contributed by atoms with Crippen molar-refractivity contribution in [1.82, 2.24) is 10.6 Å². The average molecular weight is 803 g/mol. The number of hydrogen-bond donors (Lipinski definition) is 2. The Balaban J connectivity index is 0.00000101. The van der Waals surface area contributed by atoms with Gasteiger partial charge in [-0.25, -0.2) is 4.79 Å². The Hall–Kier alpha value is -3.93. The second-order valence-corrected chi connectivity index (χ2v) is 15.2. The Morgan fingerprint density at radius 3 is 1.72 bits per heavy atom. The van der Waals surface area contributed by atoms with Crippen molar-refractivity contribution < 1.29 is 47.7 Å². The summed E-state index contributed by atoms with van der Waals surface area (Å²) in [6, 6.07) is -0.225. The summed E-state index contributed by atoms with van der Waals surface area (Å²) < 4.78 is 29.7. The molecule has 1 spiro atoms. The van der Waals surface area contributed by atoms with Crippen LogP contribution in [-0.4, -0.2) is 79.1 Å². The van der Waals surface area contributed by atoms with Crippen molar-refractivity contribution in [2.45, 2.75) is 168 Å². The topological polar surface area (TPSA) is 156 Å². The molecular formula is C45H74N2O10. The molecule has 0 bridgehead atoms. The third-order valence-corrected chi connectivity index (χ3v) is 10.6. The predicted molar refractivity (Wildman–Crippen MR) is 223 cm³/mol. The fourth-order valence-electron chi connectivity index (χ4n) is 8.89. The minimum Gasteiger partial charge on any atom is -0.462 e. The van der Waals surface area contributed by atoms with E-state index in [9.17, 15) is 24.0 Å². The minimum absolute atomic E-state index is 0.0256. The van der Waals surface area contributed by atoms with Gasteiger partial charge >= 0.3 is 24.0 Å². The van der Waals surface area contributed by atoms with Crippen LogP contribution in [0.5, 0.6) is 0 Å². The number of hydrogen-bond acceptors (Lipinski definition) is 10. The van der Waals surface area contributed by atoms with Gasteiger partial charge in [-0.1, -0.05) is 44.6 Å². The minimum atomic E-state index is -0.708. The number of nitrogens with one attached hydrogen (secondary N) is 2. The normalized spacial score (nSPS) is 30.0. The number of alkyl carbamates (subject to hydrolysis) is 1. The standard InChI is InChI=1S/C31H46N2O10.C5H10.3C3H6/c1-4-5-28(36)32-12-13-39-30(38)33-19-6-9-23-22(14-19)29(37)43-31(23)24-10-7-20(40-17(2)34)15-26(24)42-27-16-21(41-18(3)35)8-11-25(27)31;1-3-5-4-2;3*1-3-2/h19-27H,4-16H2,1-3H3,(H,32,36)(H,33,38);3H,1,4-5H2,2H3;3*3H,1H2,2H3. The van der Waals surface area contributed by atoms with E-state index in [1.165, 1.54) is 20.3 Å². The predicted octanol–water partition coefficient (Wildman–Crippen LogP) is 8.49. The fourth-order valence-corrected chi connectivity index (χ4v) is 8.89. The maximum Gasteiger partial charge on any atom is 0.407 e. The maximum absolute atomic E-state index is 13.6. The monoisotopic (exact) mass is 803 g/mol. The van der Waals surface area contributed by atoms with Crippen LogP contribution >= 0.6 is 0 Å². The van der Waals surface area contributed by atoms with E-state index in [0.717, 1.165) is 25.7 Å². The van der Waals surface area contributed by atoms with E-state index in [1.807, 2.05) is 33.8 Å². The fraction of sp³-hybridized carbons (Fsp3) is 0.711. The second kappa shape index (κ2) is 27.7. The number of unbranched alkanes of at least 4 members (excludes halogenated alkanes) is 1. The Bertz CT molecular complexity index is 1250. The molecule has 324 valence electrons. The number of rotatable bonds is 10. The molecule has 5 fully saturated rings. The molecule has 2 aliphatic heterocycles. The lowest BCUT2D eigenvalue weighted by Gasteiger charge is -2.59. The number of carbonyl (C=O) groups is 5. The Labute approximate surface area is 343 Å². The molecule has 12 nitrogen and oxygen atoms in total. The molecule has 3 saturated carbocycles. The van der Waals surface area contributed by atoms with E-state index in [2.05, 4.69) is 43.9 Å². The highest BCUT2D eigenvalue weighted by Crippen LogP contribution is 2.61. The van der Waals surface area contributed by atoms with Crippen LogP contribution in [0.3, 0.4) is 0 Å². The van der Waals surface area contributed by atoms with Crippen molar-refractivity contribution in [2.75, 3.05) is 13.2 Å². The lowest BCUT2D eigenvalue weighted by atomic mass is 9.54. The highest BCUT2D eigenvalue weighted by atomic mass is 16.6. The summed E-state index contributed by atoms with van der Waals surface area (Å²) in [5.74, 6) is -1.38. The molecule has 0 aromatic heterocycles. The van der Waals surface area contributed by atoms with Crippen LogP contribution in [0.15, 0.2) is 50.6 Å². The van der Waals surface area contributed by atoms with E-state index in [4.69, 9.17) is 23.7 Å². The van der Waals surface area contributed by atoms with Crippen LogP contribution in [0, 0.1) is 23.7 Å². The summed E-state index contributed by atoms with van der Waals surface area (Å²) >= 11 is 0. The molecule has 2 N–H and O–H groups in total. The van der Waals surface area contributed by atoms with Gasteiger partial charge in [-0.05, 0) is 78.6 Å². The summed E-state index contributed by atoms with van der Waals surface area (Å²) in [5, 5.41) is 5.63. The van der Waals surface area contributed by atoms with Crippen molar-refractivity contribution in [2.24, 2.45) is 23.7 Å². The van der Waals surface area contributed by atoms with Crippen molar-refractivity contribution >= 4 is 29.9 Å². The first-order valence-electron chi connectivity index (χ1n) is 21.0. The van der Waals surface area contributed by atoms with E-state index in [0.29, 0.717) is 51.4 Å². The van der Waals surface area contributed by atoms with Crippen LogP contribution in [0.2, 0.25) is 0 Å².